The lowest BCUT2D eigenvalue weighted by molar-refractivity contribution is 0.397. The van der Waals surface area contributed by atoms with E-state index < -0.39 is 0 Å². The van der Waals surface area contributed by atoms with Crippen molar-refractivity contribution in [1.29, 1.82) is 0 Å². The first-order chi connectivity index (χ1) is 6.76. The van der Waals surface area contributed by atoms with Crippen LogP contribution in [0.1, 0.15) is 12.0 Å². The van der Waals surface area contributed by atoms with Crippen molar-refractivity contribution in [3.8, 4) is 5.88 Å². The monoisotopic (exact) mass is 192 g/mol. The molecular weight excluding hydrogens is 176 g/mol. The van der Waals surface area contributed by atoms with Crippen LogP contribution in [-0.4, -0.2) is 18.1 Å². The normalized spacial score (nSPS) is 12.1. The Labute approximate surface area is 84.6 Å². The van der Waals surface area contributed by atoms with Gasteiger partial charge in [0, 0.05) is 18.3 Å². The lowest BCUT2D eigenvalue weighted by Gasteiger charge is -2.08. The molecule has 1 atom stereocenters. The molecule has 0 aliphatic carbocycles. The van der Waals surface area contributed by atoms with Crippen molar-refractivity contribution < 1.29 is 4.74 Å². The van der Waals surface area contributed by atoms with E-state index in [2.05, 4.69) is 11.6 Å². The molecule has 3 heteroatoms. The zero-order valence-electron chi connectivity index (χ0n) is 8.44. The molecule has 1 heterocycles. The summed E-state index contributed by atoms with van der Waals surface area (Å²) < 4.78 is 4.96. The number of aromatic nitrogens is 1. The molecule has 1 aromatic rings. The van der Waals surface area contributed by atoms with Gasteiger partial charge in [0.15, 0.2) is 0 Å². The van der Waals surface area contributed by atoms with Gasteiger partial charge < -0.3 is 10.5 Å². The highest BCUT2D eigenvalue weighted by molar-refractivity contribution is 5.18. The van der Waals surface area contributed by atoms with Crippen molar-refractivity contribution in [3.63, 3.8) is 0 Å². The SMILES string of the molecule is C=CCC(N)Cc1ccc(OC)nc1. The van der Waals surface area contributed by atoms with E-state index in [1.807, 2.05) is 18.2 Å². The van der Waals surface area contributed by atoms with E-state index in [1.165, 1.54) is 0 Å². The summed E-state index contributed by atoms with van der Waals surface area (Å²) in [6.07, 6.45) is 5.28. The van der Waals surface area contributed by atoms with Crippen LogP contribution >= 0.6 is 0 Å². The third kappa shape index (κ3) is 3.18. The highest BCUT2D eigenvalue weighted by Crippen LogP contribution is 2.08. The fourth-order valence-corrected chi connectivity index (χ4v) is 1.25. The van der Waals surface area contributed by atoms with E-state index >= 15 is 0 Å². The number of pyridine rings is 1. The number of hydrogen-bond acceptors (Lipinski definition) is 3. The van der Waals surface area contributed by atoms with Gasteiger partial charge in [0.05, 0.1) is 7.11 Å². The molecule has 2 N–H and O–H groups in total. The third-order valence-corrected chi connectivity index (χ3v) is 1.97. The van der Waals surface area contributed by atoms with Crippen LogP contribution in [0.15, 0.2) is 31.0 Å². The molecule has 0 radical (unpaired) electrons. The average molecular weight is 192 g/mol. The Hall–Kier alpha value is -1.35. The highest BCUT2D eigenvalue weighted by Gasteiger charge is 2.02. The summed E-state index contributed by atoms with van der Waals surface area (Å²) >= 11 is 0. The fourth-order valence-electron chi connectivity index (χ4n) is 1.25. The van der Waals surface area contributed by atoms with Gasteiger partial charge in [-0.3, -0.25) is 0 Å². The van der Waals surface area contributed by atoms with Crippen molar-refractivity contribution in [3.05, 3.63) is 36.5 Å². The molecule has 0 aliphatic heterocycles. The van der Waals surface area contributed by atoms with Gasteiger partial charge in [0.1, 0.15) is 0 Å². The Morgan fingerprint density at radius 3 is 2.93 bits per heavy atom. The van der Waals surface area contributed by atoms with Gasteiger partial charge in [0.2, 0.25) is 5.88 Å². The number of nitrogens with two attached hydrogens (primary N) is 1. The van der Waals surface area contributed by atoms with Gasteiger partial charge in [0.25, 0.3) is 0 Å². The summed E-state index contributed by atoms with van der Waals surface area (Å²) in [5, 5.41) is 0. The second-order valence-corrected chi connectivity index (χ2v) is 3.20. The topological polar surface area (TPSA) is 48.1 Å². The van der Waals surface area contributed by atoms with Gasteiger partial charge in [-0.25, -0.2) is 4.98 Å². The van der Waals surface area contributed by atoms with Crippen molar-refractivity contribution >= 4 is 0 Å². The Morgan fingerprint density at radius 1 is 1.64 bits per heavy atom. The minimum absolute atomic E-state index is 0.127. The smallest absolute Gasteiger partial charge is 0.212 e. The molecule has 0 aromatic carbocycles. The van der Waals surface area contributed by atoms with Crippen molar-refractivity contribution in [2.24, 2.45) is 5.73 Å². The van der Waals surface area contributed by atoms with Gasteiger partial charge >= 0.3 is 0 Å². The van der Waals surface area contributed by atoms with E-state index in [4.69, 9.17) is 10.5 Å². The first-order valence-electron chi connectivity index (χ1n) is 4.61. The number of ether oxygens (including phenoxy) is 1. The van der Waals surface area contributed by atoms with Crippen molar-refractivity contribution in [1.82, 2.24) is 4.98 Å². The van der Waals surface area contributed by atoms with E-state index in [-0.39, 0.29) is 6.04 Å². The van der Waals surface area contributed by atoms with Crippen LogP contribution in [-0.2, 0) is 6.42 Å². The molecule has 3 nitrogen and oxygen atoms in total. The van der Waals surface area contributed by atoms with Crippen LogP contribution in [0.25, 0.3) is 0 Å². The Kier molecular flexibility index (Phi) is 4.13. The van der Waals surface area contributed by atoms with Crippen LogP contribution in [0.5, 0.6) is 5.88 Å². The molecule has 0 fully saturated rings. The van der Waals surface area contributed by atoms with Crippen molar-refractivity contribution in [2.75, 3.05) is 7.11 Å². The summed E-state index contributed by atoms with van der Waals surface area (Å²) in [5.74, 6) is 0.631. The molecular formula is C11H16N2O. The molecule has 1 aromatic heterocycles. The van der Waals surface area contributed by atoms with E-state index in [0.717, 1.165) is 18.4 Å². The Morgan fingerprint density at radius 2 is 2.43 bits per heavy atom. The van der Waals surface area contributed by atoms with Crippen LogP contribution < -0.4 is 10.5 Å². The second kappa shape index (κ2) is 5.40. The standard InChI is InChI=1S/C11H16N2O/c1-3-4-10(12)7-9-5-6-11(14-2)13-8-9/h3,5-6,8,10H,1,4,7,12H2,2H3. The summed E-state index contributed by atoms with van der Waals surface area (Å²) in [5.41, 5.74) is 6.98. The number of nitrogens with zero attached hydrogens (tertiary/aromatic N) is 1. The molecule has 1 unspecified atom stereocenters. The Bertz CT molecular complexity index is 282. The highest BCUT2D eigenvalue weighted by atomic mass is 16.5. The summed E-state index contributed by atoms with van der Waals surface area (Å²) in [6, 6.07) is 3.95. The zero-order valence-corrected chi connectivity index (χ0v) is 8.44. The minimum atomic E-state index is 0.127. The summed E-state index contributed by atoms with van der Waals surface area (Å²) in [4.78, 5) is 4.11. The van der Waals surface area contributed by atoms with E-state index in [0.29, 0.717) is 5.88 Å². The molecule has 1 rings (SSSR count). The van der Waals surface area contributed by atoms with Crippen LogP contribution in [0.2, 0.25) is 0 Å². The number of rotatable bonds is 5. The minimum Gasteiger partial charge on any atom is -0.481 e. The van der Waals surface area contributed by atoms with Crippen LogP contribution in [0.3, 0.4) is 0 Å². The van der Waals surface area contributed by atoms with Crippen LogP contribution in [0.4, 0.5) is 0 Å². The molecule has 0 amide bonds. The fraction of sp³-hybridized carbons (Fsp3) is 0.364. The predicted molar refractivity (Wildman–Crippen MR) is 57.3 cm³/mol. The lowest BCUT2D eigenvalue weighted by atomic mass is 10.1. The summed E-state index contributed by atoms with van der Waals surface area (Å²) in [7, 11) is 1.60. The number of hydrogen-bond donors (Lipinski definition) is 1. The second-order valence-electron chi connectivity index (χ2n) is 3.20. The quantitative estimate of drug-likeness (QED) is 0.720. The van der Waals surface area contributed by atoms with Gasteiger partial charge in [-0.05, 0) is 18.4 Å². The maximum Gasteiger partial charge on any atom is 0.212 e. The average Bonchev–Trinajstić information content (AvgIpc) is 2.19. The van der Waals surface area contributed by atoms with Gasteiger partial charge in [-0.2, -0.15) is 0 Å². The molecule has 76 valence electrons. The summed E-state index contributed by atoms with van der Waals surface area (Å²) in [6.45, 7) is 3.65. The van der Waals surface area contributed by atoms with Crippen molar-refractivity contribution in [2.45, 2.75) is 18.9 Å². The van der Waals surface area contributed by atoms with Gasteiger partial charge in [-0.15, -0.1) is 6.58 Å². The lowest BCUT2D eigenvalue weighted by Crippen LogP contribution is -2.21. The molecule has 14 heavy (non-hydrogen) atoms. The Balaban J connectivity index is 2.54. The van der Waals surface area contributed by atoms with Gasteiger partial charge in [-0.1, -0.05) is 12.1 Å². The van der Waals surface area contributed by atoms with E-state index in [9.17, 15) is 0 Å². The first-order valence-corrected chi connectivity index (χ1v) is 4.61. The zero-order chi connectivity index (χ0) is 10.4. The molecule has 0 spiro atoms. The maximum absolute atomic E-state index is 5.86. The molecule has 0 aliphatic rings. The van der Waals surface area contributed by atoms with Crippen LogP contribution in [0, 0.1) is 0 Å². The predicted octanol–water partition coefficient (Wildman–Crippen LogP) is 1.54. The van der Waals surface area contributed by atoms with E-state index in [1.54, 1.807) is 13.3 Å². The molecule has 0 saturated heterocycles. The maximum atomic E-state index is 5.86. The molecule has 0 saturated carbocycles. The first kappa shape index (κ1) is 10.7. The molecule has 0 bridgehead atoms. The number of methoxy groups -OCH3 is 1. The third-order valence-electron chi connectivity index (χ3n) is 1.97. The largest absolute Gasteiger partial charge is 0.481 e.